The standard InChI is InChI=1S/C24H20/c1-17(21-15-7-11-19-9-3-5-13-23(19)21)18(2)22-16-8-12-20-10-4-6-14-24(20)22/h3-16H,1-2H3/b18-17+. The maximum Gasteiger partial charge on any atom is -0.0109 e. The van der Waals surface area contributed by atoms with Crippen LogP contribution in [-0.4, -0.2) is 0 Å². The lowest BCUT2D eigenvalue weighted by molar-refractivity contribution is 1.56. The minimum absolute atomic E-state index is 1.29. The van der Waals surface area contributed by atoms with Crippen molar-refractivity contribution in [1.29, 1.82) is 0 Å². The van der Waals surface area contributed by atoms with Crippen LogP contribution in [0.4, 0.5) is 0 Å². The highest BCUT2D eigenvalue weighted by Crippen LogP contribution is 2.33. The van der Waals surface area contributed by atoms with Crippen molar-refractivity contribution >= 4 is 32.7 Å². The molecule has 0 heterocycles. The molecule has 0 atom stereocenters. The van der Waals surface area contributed by atoms with E-state index in [1.807, 2.05) is 0 Å². The molecule has 0 saturated carbocycles. The van der Waals surface area contributed by atoms with Gasteiger partial charge >= 0.3 is 0 Å². The van der Waals surface area contributed by atoms with Crippen LogP contribution in [0.5, 0.6) is 0 Å². The molecule has 0 nitrogen and oxygen atoms in total. The second-order valence-corrected chi connectivity index (χ2v) is 6.30. The first-order valence-corrected chi connectivity index (χ1v) is 8.39. The van der Waals surface area contributed by atoms with Crippen molar-refractivity contribution in [3.05, 3.63) is 96.1 Å². The van der Waals surface area contributed by atoms with Crippen molar-refractivity contribution in [2.24, 2.45) is 0 Å². The van der Waals surface area contributed by atoms with E-state index >= 15 is 0 Å². The first-order valence-electron chi connectivity index (χ1n) is 8.39. The highest BCUT2D eigenvalue weighted by molar-refractivity contribution is 6.04. The third-order valence-electron chi connectivity index (χ3n) is 4.95. The average molecular weight is 308 g/mol. The Hall–Kier alpha value is -2.86. The van der Waals surface area contributed by atoms with Gasteiger partial charge in [0.2, 0.25) is 0 Å². The first kappa shape index (κ1) is 14.7. The van der Waals surface area contributed by atoms with Crippen LogP contribution in [0.25, 0.3) is 32.7 Å². The summed E-state index contributed by atoms with van der Waals surface area (Å²) in [4.78, 5) is 0. The summed E-state index contributed by atoms with van der Waals surface area (Å²) in [6.07, 6.45) is 0. The second kappa shape index (κ2) is 5.98. The minimum atomic E-state index is 1.29. The SMILES string of the molecule is C/C(=C(/C)c1cccc2ccccc12)c1cccc2ccccc12. The molecule has 116 valence electrons. The Kier molecular flexibility index (Phi) is 3.66. The minimum Gasteiger partial charge on any atom is -0.0616 e. The summed E-state index contributed by atoms with van der Waals surface area (Å²) in [5, 5.41) is 5.22. The third kappa shape index (κ3) is 2.41. The largest absolute Gasteiger partial charge is 0.0616 e. The first-order chi connectivity index (χ1) is 11.8. The van der Waals surface area contributed by atoms with Crippen molar-refractivity contribution < 1.29 is 0 Å². The molecule has 0 amide bonds. The summed E-state index contributed by atoms with van der Waals surface area (Å²) < 4.78 is 0. The summed E-state index contributed by atoms with van der Waals surface area (Å²) in [6.45, 7) is 4.47. The fraction of sp³-hybridized carbons (Fsp3) is 0.0833. The molecular formula is C24H20. The predicted molar refractivity (Wildman–Crippen MR) is 106 cm³/mol. The number of benzene rings is 4. The Labute approximate surface area is 143 Å². The van der Waals surface area contributed by atoms with Gasteiger partial charge in [-0.1, -0.05) is 84.9 Å². The van der Waals surface area contributed by atoms with Gasteiger partial charge in [-0.15, -0.1) is 0 Å². The zero-order valence-electron chi connectivity index (χ0n) is 14.1. The van der Waals surface area contributed by atoms with Crippen LogP contribution in [0.3, 0.4) is 0 Å². The highest BCUT2D eigenvalue weighted by atomic mass is 14.1. The maximum atomic E-state index is 2.24. The van der Waals surface area contributed by atoms with Crippen LogP contribution in [0, 0.1) is 0 Å². The molecule has 0 spiro atoms. The molecular weight excluding hydrogens is 288 g/mol. The topological polar surface area (TPSA) is 0 Å². The molecule has 0 aromatic heterocycles. The van der Waals surface area contributed by atoms with E-state index in [2.05, 4.69) is 98.8 Å². The average Bonchev–Trinajstić information content (AvgIpc) is 2.66. The molecule has 0 aliphatic heterocycles. The zero-order chi connectivity index (χ0) is 16.5. The van der Waals surface area contributed by atoms with Gasteiger partial charge in [-0.2, -0.15) is 0 Å². The van der Waals surface area contributed by atoms with E-state index in [1.54, 1.807) is 0 Å². The Morgan fingerprint density at radius 1 is 0.458 bits per heavy atom. The summed E-state index contributed by atoms with van der Waals surface area (Å²) in [5.41, 5.74) is 5.31. The highest BCUT2D eigenvalue weighted by Gasteiger charge is 2.09. The van der Waals surface area contributed by atoms with E-state index in [9.17, 15) is 0 Å². The second-order valence-electron chi connectivity index (χ2n) is 6.30. The van der Waals surface area contributed by atoms with E-state index in [0.717, 1.165) is 0 Å². The van der Waals surface area contributed by atoms with E-state index in [1.165, 1.54) is 43.8 Å². The lowest BCUT2D eigenvalue weighted by Gasteiger charge is -2.13. The molecule has 0 aliphatic rings. The molecule has 0 unspecified atom stereocenters. The molecule has 0 saturated heterocycles. The fourth-order valence-corrected chi connectivity index (χ4v) is 3.51. The Bertz CT molecular complexity index is 970. The smallest absolute Gasteiger partial charge is 0.0109 e. The van der Waals surface area contributed by atoms with Gasteiger partial charge in [-0.25, -0.2) is 0 Å². The molecule has 4 rings (SSSR count). The van der Waals surface area contributed by atoms with E-state index in [0.29, 0.717) is 0 Å². The quantitative estimate of drug-likeness (QED) is 0.352. The molecule has 0 radical (unpaired) electrons. The van der Waals surface area contributed by atoms with E-state index in [4.69, 9.17) is 0 Å². The van der Waals surface area contributed by atoms with Gasteiger partial charge in [0.25, 0.3) is 0 Å². The van der Waals surface area contributed by atoms with Gasteiger partial charge in [0, 0.05) is 0 Å². The van der Waals surface area contributed by atoms with E-state index < -0.39 is 0 Å². The van der Waals surface area contributed by atoms with Crippen LogP contribution in [0.1, 0.15) is 25.0 Å². The number of hydrogen-bond donors (Lipinski definition) is 0. The van der Waals surface area contributed by atoms with Crippen LogP contribution < -0.4 is 0 Å². The monoisotopic (exact) mass is 308 g/mol. The Morgan fingerprint density at radius 2 is 0.833 bits per heavy atom. The lowest BCUT2D eigenvalue weighted by Crippen LogP contribution is -1.89. The molecule has 4 aromatic carbocycles. The zero-order valence-corrected chi connectivity index (χ0v) is 14.1. The van der Waals surface area contributed by atoms with Gasteiger partial charge in [-0.05, 0) is 57.7 Å². The van der Waals surface area contributed by atoms with Crippen molar-refractivity contribution in [2.45, 2.75) is 13.8 Å². The van der Waals surface area contributed by atoms with Crippen LogP contribution >= 0.6 is 0 Å². The van der Waals surface area contributed by atoms with E-state index in [-0.39, 0.29) is 0 Å². The summed E-state index contributed by atoms with van der Waals surface area (Å²) in [5.74, 6) is 0. The lowest BCUT2D eigenvalue weighted by atomic mass is 9.91. The predicted octanol–water partition coefficient (Wildman–Crippen LogP) is 6.94. The van der Waals surface area contributed by atoms with Crippen LogP contribution in [0.15, 0.2) is 84.9 Å². The molecule has 0 heteroatoms. The fourth-order valence-electron chi connectivity index (χ4n) is 3.51. The van der Waals surface area contributed by atoms with Crippen molar-refractivity contribution in [1.82, 2.24) is 0 Å². The van der Waals surface area contributed by atoms with Crippen molar-refractivity contribution in [2.75, 3.05) is 0 Å². The number of rotatable bonds is 2. The number of fused-ring (bicyclic) bond motifs is 2. The van der Waals surface area contributed by atoms with Gasteiger partial charge < -0.3 is 0 Å². The van der Waals surface area contributed by atoms with Crippen molar-refractivity contribution in [3.63, 3.8) is 0 Å². The third-order valence-corrected chi connectivity index (χ3v) is 4.95. The Balaban J connectivity index is 1.97. The number of allylic oxidation sites excluding steroid dienone is 2. The molecule has 0 aliphatic carbocycles. The van der Waals surface area contributed by atoms with Gasteiger partial charge in [0.05, 0.1) is 0 Å². The summed E-state index contributed by atoms with van der Waals surface area (Å²) in [6, 6.07) is 30.3. The van der Waals surface area contributed by atoms with Gasteiger partial charge in [0.1, 0.15) is 0 Å². The summed E-state index contributed by atoms with van der Waals surface area (Å²) in [7, 11) is 0. The summed E-state index contributed by atoms with van der Waals surface area (Å²) >= 11 is 0. The molecule has 0 bridgehead atoms. The van der Waals surface area contributed by atoms with Crippen LogP contribution in [-0.2, 0) is 0 Å². The molecule has 0 fully saturated rings. The maximum absolute atomic E-state index is 2.24. The normalized spacial score (nSPS) is 12.4. The van der Waals surface area contributed by atoms with Gasteiger partial charge in [0.15, 0.2) is 0 Å². The van der Waals surface area contributed by atoms with Gasteiger partial charge in [-0.3, -0.25) is 0 Å². The number of hydrogen-bond acceptors (Lipinski definition) is 0. The molecule has 24 heavy (non-hydrogen) atoms. The Morgan fingerprint density at radius 3 is 1.29 bits per heavy atom. The molecule has 0 N–H and O–H groups in total. The van der Waals surface area contributed by atoms with Crippen LogP contribution in [0.2, 0.25) is 0 Å². The van der Waals surface area contributed by atoms with Crippen molar-refractivity contribution in [3.8, 4) is 0 Å². The molecule has 4 aromatic rings.